The smallest absolute Gasteiger partial charge is 0.0396 e. The fourth-order valence-electron chi connectivity index (χ4n) is 9.58. The van der Waals surface area contributed by atoms with Crippen molar-refractivity contribution in [1.29, 1.82) is 0 Å². The molecule has 0 aromatic heterocycles. The molecule has 4 nitrogen and oxygen atoms in total. The van der Waals surface area contributed by atoms with Crippen LogP contribution in [-0.2, 0) is 13.1 Å². The first-order chi connectivity index (χ1) is 20.2. The highest BCUT2D eigenvalue weighted by Gasteiger charge is 2.62. The zero-order valence-electron chi connectivity index (χ0n) is 25.8. The lowest BCUT2D eigenvalue weighted by atomic mass is 9.58. The van der Waals surface area contributed by atoms with Crippen LogP contribution in [0.5, 0.6) is 0 Å². The molecule has 4 heteroatoms. The van der Waals surface area contributed by atoms with Crippen LogP contribution in [0, 0.1) is 17.8 Å². The molecule has 0 bridgehead atoms. The highest BCUT2D eigenvalue weighted by molar-refractivity contribution is 5.23. The molecule has 224 valence electrons. The number of fused-ring (bicyclic) bond motifs is 2. The standard InChI is InChI=1S/C37H56N4/c1-2-3-4-5-6-13-22-35(36-29-40(25-31-16-9-7-10-17-31)27-33(36)20-14-23-38-36)37-30-41(26-32-18-11-8-12-19-32)28-34(37)21-15-24-39-37/h7-12,16-19,33-35,38-39H,2-6,13-15,20-30H2,1H3. The molecule has 2 aromatic rings. The summed E-state index contributed by atoms with van der Waals surface area (Å²) >= 11 is 0. The van der Waals surface area contributed by atoms with Crippen molar-refractivity contribution in [3.63, 3.8) is 0 Å². The molecule has 0 spiro atoms. The van der Waals surface area contributed by atoms with Crippen LogP contribution in [-0.4, -0.2) is 60.1 Å². The molecule has 0 amide bonds. The predicted molar refractivity (Wildman–Crippen MR) is 172 cm³/mol. The number of rotatable bonds is 13. The minimum atomic E-state index is 0.224. The monoisotopic (exact) mass is 556 g/mol. The van der Waals surface area contributed by atoms with Crippen molar-refractivity contribution in [3.8, 4) is 0 Å². The molecule has 4 saturated heterocycles. The number of likely N-dealkylation sites (tertiary alicyclic amines) is 2. The Kier molecular flexibility index (Phi) is 9.82. The fourth-order valence-corrected chi connectivity index (χ4v) is 9.58. The van der Waals surface area contributed by atoms with Gasteiger partial charge in [0, 0.05) is 50.3 Å². The van der Waals surface area contributed by atoms with E-state index in [1.54, 1.807) is 0 Å². The maximum atomic E-state index is 4.34. The number of nitrogens with one attached hydrogen (secondary N) is 2. The molecule has 0 saturated carbocycles. The third kappa shape index (κ3) is 6.47. The van der Waals surface area contributed by atoms with E-state index in [1.165, 1.54) is 121 Å². The second-order valence-corrected chi connectivity index (χ2v) is 14.0. The van der Waals surface area contributed by atoms with Gasteiger partial charge in [-0.2, -0.15) is 0 Å². The molecule has 4 heterocycles. The maximum Gasteiger partial charge on any atom is 0.0396 e. The maximum absolute atomic E-state index is 4.34. The van der Waals surface area contributed by atoms with Crippen molar-refractivity contribution in [2.45, 2.75) is 102 Å². The first-order valence-corrected chi connectivity index (χ1v) is 17.2. The second-order valence-electron chi connectivity index (χ2n) is 14.0. The van der Waals surface area contributed by atoms with Gasteiger partial charge in [0.2, 0.25) is 0 Å². The Morgan fingerprint density at radius 2 is 1.17 bits per heavy atom. The third-order valence-corrected chi connectivity index (χ3v) is 11.3. The normalized spacial score (nSPS) is 31.1. The van der Waals surface area contributed by atoms with Crippen LogP contribution < -0.4 is 10.6 Å². The van der Waals surface area contributed by atoms with E-state index >= 15 is 0 Å². The summed E-state index contributed by atoms with van der Waals surface area (Å²) in [7, 11) is 0. The zero-order valence-corrected chi connectivity index (χ0v) is 25.8. The van der Waals surface area contributed by atoms with Gasteiger partial charge in [0.15, 0.2) is 0 Å². The van der Waals surface area contributed by atoms with E-state index in [9.17, 15) is 0 Å². The Morgan fingerprint density at radius 3 is 1.68 bits per heavy atom. The van der Waals surface area contributed by atoms with Gasteiger partial charge in [0.1, 0.15) is 0 Å². The Morgan fingerprint density at radius 1 is 0.683 bits per heavy atom. The number of piperidine rings is 2. The van der Waals surface area contributed by atoms with Crippen molar-refractivity contribution >= 4 is 0 Å². The number of nitrogens with zero attached hydrogens (tertiary/aromatic N) is 2. The molecular weight excluding hydrogens is 500 g/mol. The first-order valence-electron chi connectivity index (χ1n) is 17.2. The third-order valence-electron chi connectivity index (χ3n) is 11.3. The van der Waals surface area contributed by atoms with Gasteiger partial charge >= 0.3 is 0 Å². The van der Waals surface area contributed by atoms with Gasteiger partial charge in [-0.15, -0.1) is 0 Å². The van der Waals surface area contributed by atoms with Crippen LogP contribution in [0.3, 0.4) is 0 Å². The molecule has 0 aliphatic carbocycles. The van der Waals surface area contributed by atoms with E-state index in [-0.39, 0.29) is 11.1 Å². The van der Waals surface area contributed by atoms with Crippen molar-refractivity contribution in [2.24, 2.45) is 17.8 Å². The number of hydrogen-bond acceptors (Lipinski definition) is 4. The van der Waals surface area contributed by atoms with Crippen molar-refractivity contribution in [3.05, 3.63) is 71.8 Å². The second kappa shape index (κ2) is 13.7. The zero-order chi connectivity index (χ0) is 28.0. The highest BCUT2D eigenvalue weighted by atomic mass is 15.3. The lowest BCUT2D eigenvalue weighted by Crippen LogP contribution is -2.72. The molecule has 4 aliphatic heterocycles. The number of unbranched alkanes of at least 4 members (excludes halogenated alkanes) is 5. The molecule has 4 aliphatic rings. The fraction of sp³-hybridized carbons (Fsp3) is 0.676. The molecule has 0 radical (unpaired) electrons. The summed E-state index contributed by atoms with van der Waals surface area (Å²) in [5, 5.41) is 8.68. The summed E-state index contributed by atoms with van der Waals surface area (Å²) in [4.78, 5) is 5.63. The Hall–Kier alpha value is -1.72. The summed E-state index contributed by atoms with van der Waals surface area (Å²) in [5.41, 5.74) is 3.38. The Labute approximate surface area is 250 Å². The van der Waals surface area contributed by atoms with Gasteiger partial charge in [0.25, 0.3) is 0 Å². The van der Waals surface area contributed by atoms with Crippen LogP contribution >= 0.6 is 0 Å². The van der Waals surface area contributed by atoms with E-state index in [1.807, 2.05) is 0 Å². The van der Waals surface area contributed by atoms with E-state index in [0.717, 1.165) is 24.9 Å². The minimum Gasteiger partial charge on any atom is -0.309 e. The summed E-state index contributed by atoms with van der Waals surface area (Å²) in [6, 6.07) is 22.5. The molecule has 2 aromatic carbocycles. The minimum absolute atomic E-state index is 0.224. The molecule has 4 fully saturated rings. The highest BCUT2D eigenvalue weighted by Crippen LogP contribution is 2.51. The summed E-state index contributed by atoms with van der Waals surface area (Å²) < 4.78 is 0. The SMILES string of the molecule is CCCCCCCCC(C12CN(Cc3ccccc3)CC1CCCN2)C12CN(Cc3ccccc3)CC1CCCN2. The Balaban J connectivity index is 1.28. The van der Waals surface area contributed by atoms with Crippen LogP contribution in [0.2, 0.25) is 0 Å². The molecular formula is C37H56N4. The lowest BCUT2D eigenvalue weighted by molar-refractivity contribution is 0.0125. The topological polar surface area (TPSA) is 30.5 Å². The molecule has 4 unspecified atom stereocenters. The van der Waals surface area contributed by atoms with Gasteiger partial charge < -0.3 is 10.6 Å². The van der Waals surface area contributed by atoms with Crippen LogP contribution in [0.4, 0.5) is 0 Å². The van der Waals surface area contributed by atoms with Gasteiger partial charge in [-0.05, 0) is 74.1 Å². The lowest BCUT2D eigenvalue weighted by Gasteiger charge is -2.56. The molecule has 2 N–H and O–H groups in total. The number of benzene rings is 2. The van der Waals surface area contributed by atoms with E-state index in [2.05, 4.69) is 88.0 Å². The number of hydrogen-bond donors (Lipinski definition) is 2. The van der Waals surface area contributed by atoms with E-state index in [0.29, 0.717) is 5.92 Å². The van der Waals surface area contributed by atoms with E-state index < -0.39 is 0 Å². The van der Waals surface area contributed by atoms with Crippen molar-refractivity contribution in [1.82, 2.24) is 20.4 Å². The molecule has 41 heavy (non-hydrogen) atoms. The van der Waals surface area contributed by atoms with E-state index in [4.69, 9.17) is 0 Å². The molecule has 4 atom stereocenters. The average molecular weight is 557 g/mol. The van der Waals surface area contributed by atoms with Crippen molar-refractivity contribution in [2.75, 3.05) is 39.3 Å². The van der Waals surface area contributed by atoms with Gasteiger partial charge in [-0.1, -0.05) is 106 Å². The van der Waals surface area contributed by atoms with Crippen LogP contribution in [0.25, 0.3) is 0 Å². The summed E-state index contributed by atoms with van der Waals surface area (Å²) in [5.74, 6) is 2.19. The predicted octanol–water partition coefficient (Wildman–Crippen LogP) is 6.86. The Bertz CT molecular complexity index is 982. The quantitative estimate of drug-likeness (QED) is 0.264. The first kappa shape index (κ1) is 29.4. The average Bonchev–Trinajstić information content (AvgIpc) is 3.56. The summed E-state index contributed by atoms with van der Waals surface area (Å²) in [6.07, 6.45) is 15.2. The van der Waals surface area contributed by atoms with Crippen molar-refractivity contribution < 1.29 is 0 Å². The molecule has 6 rings (SSSR count). The van der Waals surface area contributed by atoms with Crippen LogP contribution in [0.15, 0.2) is 60.7 Å². The van der Waals surface area contributed by atoms with Crippen LogP contribution in [0.1, 0.15) is 88.7 Å². The van der Waals surface area contributed by atoms with Gasteiger partial charge in [-0.3, -0.25) is 9.80 Å². The largest absolute Gasteiger partial charge is 0.309 e. The summed E-state index contributed by atoms with van der Waals surface area (Å²) in [6.45, 7) is 11.8. The van der Waals surface area contributed by atoms with Gasteiger partial charge in [0.05, 0.1) is 0 Å². The van der Waals surface area contributed by atoms with Gasteiger partial charge in [-0.25, -0.2) is 0 Å².